The van der Waals surface area contributed by atoms with Crippen LogP contribution >= 0.6 is 0 Å². The van der Waals surface area contributed by atoms with Gasteiger partial charge in [-0.25, -0.2) is 0 Å². The van der Waals surface area contributed by atoms with Gasteiger partial charge in [-0.05, 0) is 19.3 Å². The molecule has 0 spiro atoms. The summed E-state index contributed by atoms with van der Waals surface area (Å²) in [6, 6.07) is 0. The van der Waals surface area contributed by atoms with Crippen molar-refractivity contribution in [3.63, 3.8) is 0 Å². The van der Waals surface area contributed by atoms with E-state index in [-0.39, 0.29) is 18.2 Å². The highest BCUT2D eigenvalue weighted by atomic mass is 16.3. The second-order valence-electron chi connectivity index (χ2n) is 3.51. The van der Waals surface area contributed by atoms with Gasteiger partial charge >= 0.3 is 0 Å². The van der Waals surface area contributed by atoms with Gasteiger partial charge in [0.05, 0.1) is 0 Å². The zero-order valence-corrected chi connectivity index (χ0v) is 8.92. The number of aliphatic hydroxyl groups is 1. The van der Waals surface area contributed by atoms with Crippen LogP contribution in [0.15, 0.2) is 0 Å². The molecule has 0 fully saturated rings. The zero-order chi connectivity index (χ0) is 10.8. The van der Waals surface area contributed by atoms with Crippen LogP contribution in [0.25, 0.3) is 0 Å². The van der Waals surface area contributed by atoms with E-state index in [9.17, 15) is 9.59 Å². The Morgan fingerprint density at radius 2 is 1.43 bits per heavy atom. The normalized spacial score (nSPS) is 10.1. The molecule has 0 heterocycles. The van der Waals surface area contributed by atoms with Gasteiger partial charge in [0.2, 0.25) is 0 Å². The smallest absolute Gasteiger partial charge is 0.133 e. The Kier molecular flexibility index (Phi) is 8.43. The SMILES string of the molecule is CCCC(=O)CCCC(=O)CCCO. The van der Waals surface area contributed by atoms with Crippen LogP contribution in [0.5, 0.6) is 0 Å². The fourth-order valence-electron chi connectivity index (χ4n) is 1.29. The summed E-state index contributed by atoms with van der Waals surface area (Å²) in [7, 11) is 0. The highest BCUT2D eigenvalue weighted by Crippen LogP contribution is 2.04. The van der Waals surface area contributed by atoms with E-state index < -0.39 is 0 Å². The number of ketones is 2. The van der Waals surface area contributed by atoms with Crippen LogP contribution in [0.1, 0.15) is 51.9 Å². The maximum absolute atomic E-state index is 11.1. The fourth-order valence-corrected chi connectivity index (χ4v) is 1.29. The molecule has 0 amide bonds. The Morgan fingerprint density at radius 3 is 1.93 bits per heavy atom. The first kappa shape index (κ1) is 13.3. The molecule has 0 aliphatic heterocycles. The fraction of sp³-hybridized carbons (Fsp3) is 0.818. The molecule has 0 bridgehead atoms. The van der Waals surface area contributed by atoms with Crippen LogP contribution in [0, 0.1) is 0 Å². The van der Waals surface area contributed by atoms with Crippen molar-refractivity contribution in [2.45, 2.75) is 51.9 Å². The first-order chi connectivity index (χ1) is 6.70. The molecule has 14 heavy (non-hydrogen) atoms. The minimum absolute atomic E-state index is 0.0699. The molecule has 3 nitrogen and oxygen atoms in total. The van der Waals surface area contributed by atoms with Gasteiger partial charge in [0.15, 0.2) is 0 Å². The average Bonchev–Trinajstić information content (AvgIpc) is 2.15. The Morgan fingerprint density at radius 1 is 0.929 bits per heavy atom. The second-order valence-corrected chi connectivity index (χ2v) is 3.51. The minimum Gasteiger partial charge on any atom is -0.396 e. The molecule has 0 atom stereocenters. The van der Waals surface area contributed by atoms with Crippen LogP contribution < -0.4 is 0 Å². The largest absolute Gasteiger partial charge is 0.396 e. The lowest BCUT2D eigenvalue weighted by atomic mass is 10.1. The van der Waals surface area contributed by atoms with Gasteiger partial charge in [0.1, 0.15) is 11.6 Å². The molecule has 0 aliphatic carbocycles. The molecule has 0 aromatic heterocycles. The number of aliphatic hydroxyl groups excluding tert-OH is 1. The molecular weight excluding hydrogens is 180 g/mol. The minimum atomic E-state index is 0.0699. The van der Waals surface area contributed by atoms with Crippen LogP contribution in [0.2, 0.25) is 0 Å². The van der Waals surface area contributed by atoms with Gasteiger partial charge in [-0.3, -0.25) is 9.59 Å². The number of carbonyl (C=O) groups excluding carboxylic acids is 2. The van der Waals surface area contributed by atoms with Gasteiger partial charge < -0.3 is 5.11 Å². The highest BCUT2D eigenvalue weighted by Gasteiger charge is 2.04. The Hall–Kier alpha value is -0.700. The maximum Gasteiger partial charge on any atom is 0.133 e. The van der Waals surface area contributed by atoms with Crippen molar-refractivity contribution < 1.29 is 14.7 Å². The molecule has 0 rings (SSSR count). The topological polar surface area (TPSA) is 54.4 Å². The quantitative estimate of drug-likeness (QED) is 0.618. The van der Waals surface area contributed by atoms with E-state index >= 15 is 0 Å². The number of rotatable bonds is 9. The second kappa shape index (κ2) is 8.88. The Balaban J connectivity index is 3.34. The third kappa shape index (κ3) is 7.92. The van der Waals surface area contributed by atoms with E-state index in [2.05, 4.69) is 0 Å². The predicted octanol–water partition coefficient (Wildman–Crippen LogP) is 1.87. The molecule has 3 heteroatoms. The number of hydrogen-bond donors (Lipinski definition) is 1. The van der Waals surface area contributed by atoms with E-state index in [0.717, 1.165) is 6.42 Å². The third-order valence-corrected chi connectivity index (χ3v) is 2.05. The van der Waals surface area contributed by atoms with Crippen LogP contribution in [0.4, 0.5) is 0 Å². The highest BCUT2D eigenvalue weighted by molar-refractivity contribution is 5.81. The lowest BCUT2D eigenvalue weighted by Gasteiger charge is -1.99. The van der Waals surface area contributed by atoms with Crippen molar-refractivity contribution in [2.75, 3.05) is 6.61 Å². The Labute approximate surface area is 85.5 Å². The summed E-state index contributed by atoms with van der Waals surface area (Å²) in [5.41, 5.74) is 0. The average molecular weight is 200 g/mol. The maximum atomic E-state index is 11.1. The van der Waals surface area contributed by atoms with Gasteiger partial charge in [-0.2, -0.15) is 0 Å². The van der Waals surface area contributed by atoms with Crippen molar-refractivity contribution in [2.24, 2.45) is 0 Å². The molecule has 0 aliphatic rings. The van der Waals surface area contributed by atoms with E-state index in [1.807, 2.05) is 6.92 Å². The molecule has 0 aromatic carbocycles. The van der Waals surface area contributed by atoms with Crippen molar-refractivity contribution in [3.05, 3.63) is 0 Å². The summed E-state index contributed by atoms with van der Waals surface area (Å²) in [6.45, 7) is 2.05. The third-order valence-electron chi connectivity index (χ3n) is 2.05. The van der Waals surface area contributed by atoms with Gasteiger partial charge in [0, 0.05) is 32.3 Å². The van der Waals surface area contributed by atoms with Crippen LogP contribution in [-0.4, -0.2) is 23.3 Å². The lowest BCUT2D eigenvalue weighted by molar-refractivity contribution is -0.120. The summed E-state index contributed by atoms with van der Waals surface area (Å²) in [4.78, 5) is 22.2. The predicted molar refractivity (Wildman–Crippen MR) is 55.1 cm³/mol. The van der Waals surface area contributed by atoms with Crippen molar-refractivity contribution in [1.29, 1.82) is 0 Å². The molecule has 0 aromatic rings. The van der Waals surface area contributed by atoms with E-state index in [1.54, 1.807) is 0 Å². The summed E-state index contributed by atoms with van der Waals surface area (Å²) in [5, 5.41) is 8.49. The standard InChI is InChI=1S/C11H20O3/c1-2-5-10(13)6-3-7-11(14)8-4-9-12/h12H,2-9H2,1H3. The van der Waals surface area contributed by atoms with E-state index in [4.69, 9.17) is 5.11 Å². The first-order valence-electron chi connectivity index (χ1n) is 5.35. The van der Waals surface area contributed by atoms with Gasteiger partial charge in [0.25, 0.3) is 0 Å². The van der Waals surface area contributed by atoms with E-state index in [0.29, 0.717) is 38.5 Å². The van der Waals surface area contributed by atoms with Gasteiger partial charge in [-0.15, -0.1) is 0 Å². The van der Waals surface area contributed by atoms with Gasteiger partial charge in [-0.1, -0.05) is 6.92 Å². The molecule has 82 valence electrons. The monoisotopic (exact) mass is 200 g/mol. The Bertz CT molecular complexity index is 175. The summed E-state index contributed by atoms with van der Waals surface area (Å²) < 4.78 is 0. The first-order valence-corrected chi connectivity index (χ1v) is 5.35. The molecule has 1 N–H and O–H groups in total. The van der Waals surface area contributed by atoms with Crippen molar-refractivity contribution in [1.82, 2.24) is 0 Å². The number of carbonyl (C=O) groups is 2. The molecule has 0 unspecified atom stereocenters. The summed E-state index contributed by atoms with van der Waals surface area (Å²) in [6.07, 6.45) is 4.18. The molecule has 0 radical (unpaired) electrons. The summed E-state index contributed by atoms with van der Waals surface area (Å²) in [5.74, 6) is 0.408. The summed E-state index contributed by atoms with van der Waals surface area (Å²) >= 11 is 0. The molecule has 0 saturated heterocycles. The number of hydrogen-bond acceptors (Lipinski definition) is 3. The van der Waals surface area contributed by atoms with Crippen molar-refractivity contribution in [3.8, 4) is 0 Å². The molecular formula is C11H20O3. The lowest BCUT2D eigenvalue weighted by Crippen LogP contribution is -2.02. The van der Waals surface area contributed by atoms with Crippen LogP contribution in [-0.2, 0) is 9.59 Å². The van der Waals surface area contributed by atoms with E-state index in [1.165, 1.54) is 0 Å². The van der Waals surface area contributed by atoms with Crippen molar-refractivity contribution >= 4 is 11.6 Å². The zero-order valence-electron chi connectivity index (χ0n) is 8.92. The number of Topliss-reactive ketones (excluding diaryl/α,β-unsaturated/α-hetero) is 2. The van der Waals surface area contributed by atoms with Crippen LogP contribution in [0.3, 0.4) is 0 Å². The molecule has 0 saturated carbocycles.